The first-order valence-electron chi connectivity index (χ1n) is 9.87. The van der Waals surface area contributed by atoms with Crippen LogP contribution in [0.4, 0.5) is 0 Å². The van der Waals surface area contributed by atoms with Crippen LogP contribution in [0, 0.1) is 6.92 Å². The SMILES string of the molecule is Cc1cccc(-c2nnc(CN3CCN(CC(=O)N4CCOCC4)CC3)o2)c1. The fourth-order valence-corrected chi connectivity index (χ4v) is 3.61. The van der Waals surface area contributed by atoms with Crippen LogP contribution in [0.2, 0.25) is 0 Å². The van der Waals surface area contributed by atoms with Crippen LogP contribution in [0.25, 0.3) is 11.5 Å². The van der Waals surface area contributed by atoms with Gasteiger partial charge in [0, 0.05) is 44.8 Å². The summed E-state index contributed by atoms with van der Waals surface area (Å²) in [5.41, 5.74) is 2.12. The van der Waals surface area contributed by atoms with Crippen LogP contribution in [0.15, 0.2) is 28.7 Å². The predicted molar refractivity (Wildman–Crippen MR) is 104 cm³/mol. The summed E-state index contributed by atoms with van der Waals surface area (Å²) in [4.78, 5) is 18.8. The van der Waals surface area contributed by atoms with Crippen LogP contribution in [0.1, 0.15) is 11.5 Å². The Bertz CT molecular complexity index is 795. The highest BCUT2D eigenvalue weighted by Crippen LogP contribution is 2.19. The summed E-state index contributed by atoms with van der Waals surface area (Å²) in [6.07, 6.45) is 0. The van der Waals surface area contributed by atoms with Crippen molar-refractivity contribution in [3.63, 3.8) is 0 Å². The van der Waals surface area contributed by atoms with E-state index in [1.165, 1.54) is 5.56 Å². The zero-order valence-electron chi connectivity index (χ0n) is 16.3. The van der Waals surface area contributed by atoms with Gasteiger partial charge in [0.05, 0.1) is 26.3 Å². The number of carbonyl (C=O) groups excluding carboxylic acids is 1. The highest BCUT2D eigenvalue weighted by molar-refractivity contribution is 5.78. The number of hydrogen-bond donors (Lipinski definition) is 0. The zero-order valence-corrected chi connectivity index (χ0v) is 16.3. The van der Waals surface area contributed by atoms with Gasteiger partial charge in [-0.3, -0.25) is 14.6 Å². The van der Waals surface area contributed by atoms with Gasteiger partial charge in [-0.1, -0.05) is 17.7 Å². The van der Waals surface area contributed by atoms with Crippen LogP contribution >= 0.6 is 0 Å². The van der Waals surface area contributed by atoms with Crippen molar-refractivity contribution in [2.45, 2.75) is 13.5 Å². The van der Waals surface area contributed by atoms with Gasteiger partial charge in [-0.25, -0.2) is 0 Å². The standard InChI is InChI=1S/C20H27N5O3/c1-16-3-2-4-17(13-16)20-22-21-18(28-20)14-23-5-7-24(8-6-23)15-19(26)25-9-11-27-12-10-25/h2-4,13H,5-12,14-15H2,1H3. The number of amides is 1. The molecule has 0 unspecified atom stereocenters. The molecule has 2 aliphatic rings. The summed E-state index contributed by atoms with van der Waals surface area (Å²) in [6.45, 7) is 9.40. The summed E-state index contributed by atoms with van der Waals surface area (Å²) in [5.74, 6) is 1.40. The molecular formula is C20H27N5O3. The minimum atomic E-state index is 0.205. The van der Waals surface area contributed by atoms with E-state index in [0.29, 0.717) is 51.2 Å². The Morgan fingerprint density at radius 3 is 2.54 bits per heavy atom. The Hall–Kier alpha value is -2.29. The molecule has 0 saturated carbocycles. The van der Waals surface area contributed by atoms with Gasteiger partial charge in [-0.15, -0.1) is 10.2 Å². The van der Waals surface area contributed by atoms with Gasteiger partial charge < -0.3 is 14.1 Å². The van der Waals surface area contributed by atoms with Gasteiger partial charge in [0.25, 0.3) is 0 Å². The molecular weight excluding hydrogens is 358 g/mol. The Morgan fingerprint density at radius 1 is 1.04 bits per heavy atom. The van der Waals surface area contributed by atoms with E-state index >= 15 is 0 Å². The van der Waals surface area contributed by atoms with E-state index < -0.39 is 0 Å². The number of morpholine rings is 1. The smallest absolute Gasteiger partial charge is 0.247 e. The molecule has 8 nitrogen and oxygen atoms in total. The monoisotopic (exact) mass is 385 g/mol. The summed E-state index contributed by atoms with van der Waals surface area (Å²) >= 11 is 0. The molecule has 0 atom stereocenters. The van der Waals surface area contributed by atoms with Crippen LogP contribution in [-0.2, 0) is 16.1 Å². The average molecular weight is 385 g/mol. The maximum atomic E-state index is 12.4. The number of benzene rings is 1. The first-order chi connectivity index (χ1) is 13.7. The summed E-state index contributed by atoms with van der Waals surface area (Å²) < 4.78 is 11.2. The van der Waals surface area contributed by atoms with Gasteiger partial charge in [-0.2, -0.15) is 0 Å². The lowest BCUT2D eigenvalue weighted by molar-refractivity contribution is -0.136. The molecule has 150 valence electrons. The molecule has 0 N–H and O–H groups in total. The van der Waals surface area contributed by atoms with E-state index in [-0.39, 0.29) is 5.91 Å². The van der Waals surface area contributed by atoms with Crippen molar-refractivity contribution < 1.29 is 13.9 Å². The third-order valence-corrected chi connectivity index (χ3v) is 5.28. The van der Waals surface area contributed by atoms with Gasteiger partial charge in [0.1, 0.15) is 0 Å². The molecule has 2 aliphatic heterocycles. The first-order valence-corrected chi connectivity index (χ1v) is 9.87. The van der Waals surface area contributed by atoms with Crippen LogP contribution in [0.3, 0.4) is 0 Å². The van der Waals surface area contributed by atoms with Crippen molar-refractivity contribution in [3.05, 3.63) is 35.7 Å². The average Bonchev–Trinajstić information content (AvgIpc) is 3.19. The lowest BCUT2D eigenvalue weighted by atomic mass is 10.1. The fraction of sp³-hybridized carbons (Fsp3) is 0.550. The van der Waals surface area contributed by atoms with Gasteiger partial charge in [0.15, 0.2) is 0 Å². The van der Waals surface area contributed by atoms with E-state index in [1.54, 1.807) is 0 Å². The molecule has 0 aliphatic carbocycles. The van der Waals surface area contributed by atoms with E-state index in [9.17, 15) is 4.79 Å². The Balaban J connectivity index is 1.25. The fourth-order valence-electron chi connectivity index (χ4n) is 3.61. The van der Waals surface area contributed by atoms with Crippen molar-refractivity contribution >= 4 is 5.91 Å². The molecule has 2 saturated heterocycles. The number of rotatable bonds is 5. The lowest BCUT2D eigenvalue weighted by Crippen LogP contribution is -2.51. The number of carbonyl (C=O) groups is 1. The highest BCUT2D eigenvalue weighted by Gasteiger charge is 2.24. The Kier molecular flexibility index (Phi) is 5.99. The molecule has 0 bridgehead atoms. The van der Waals surface area contributed by atoms with Crippen molar-refractivity contribution in [2.24, 2.45) is 0 Å². The molecule has 3 heterocycles. The van der Waals surface area contributed by atoms with Crippen LogP contribution in [0.5, 0.6) is 0 Å². The molecule has 0 spiro atoms. The molecule has 1 aromatic heterocycles. The molecule has 28 heavy (non-hydrogen) atoms. The normalized spacial score (nSPS) is 19.1. The number of aromatic nitrogens is 2. The third kappa shape index (κ3) is 4.76. The van der Waals surface area contributed by atoms with E-state index in [1.807, 2.05) is 36.1 Å². The Labute approximate surface area is 165 Å². The lowest BCUT2D eigenvalue weighted by Gasteiger charge is -2.35. The summed E-state index contributed by atoms with van der Waals surface area (Å²) in [5, 5.41) is 8.39. The van der Waals surface area contributed by atoms with Crippen LogP contribution in [-0.4, -0.2) is 89.8 Å². The van der Waals surface area contributed by atoms with Gasteiger partial charge >= 0.3 is 0 Å². The largest absolute Gasteiger partial charge is 0.419 e. The maximum absolute atomic E-state index is 12.4. The highest BCUT2D eigenvalue weighted by atomic mass is 16.5. The molecule has 2 fully saturated rings. The number of aryl methyl sites for hydroxylation is 1. The van der Waals surface area contributed by atoms with Crippen molar-refractivity contribution in [1.29, 1.82) is 0 Å². The van der Waals surface area contributed by atoms with Gasteiger partial charge in [-0.05, 0) is 19.1 Å². The van der Waals surface area contributed by atoms with Crippen molar-refractivity contribution in [2.75, 3.05) is 59.0 Å². The topological polar surface area (TPSA) is 74.9 Å². The second-order valence-electron chi connectivity index (χ2n) is 7.42. The van der Waals surface area contributed by atoms with E-state index in [0.717, 1.165) is 31.7 Å². The summed E-state index contributed by atoms with van der Waals surface area (Å²) in [6, 6.07) is 8.06. The summed E-state index contributed by atoms with van der Waals surface area (Å²) in [7, 11) is 0. The zero-order chi connectivity index (χ0) is 19.3. The molecule has 0 radical (unpaired) electrons. The number of nitrogens with zero attached hydrogens (tertiary/aromatic N) is 5. The second kappa shape index (κ2) is 8.81. The van der Waals surface area contributed by atoms with E-state index in [4.69, 9.17) is 9.15 Å². The number of hydrogen-bond acceptors (Lipinski definition) is 7. The van der Waals surface area contributed by atoms with Crippen LogP contribution < -0.4 is 0 Å². The first kappa shape index (κ1) is 19.0. The quantitative estimate of drug-likeness (QED) is 0.761. The number of ether oxygens (including phenoxy) is 1. The molecule has 8 heteroatoms. The minimum Gasteiger partial charge on any atom is -0.419 e. The molecule has 1 aromatic carbocycles. The van der Waals surface area contributed by atoms with Gasteiger partial charge in [0.2, 0.25) is 17.7 Å². The third-order valence-electron chi connectivity index (χ3n) is 5.28. The minimum absolute atomic E-state index is 0.205. The molecule has 4 rings (SSSR count). The predicted octanol–water partition coefficient (Wildman–Crippen LogP) is 1.02. The second-order valence-corrected chi connectivity index (χ2v) is 7.42. The number of piperazine rings is 1. The maximum Gasteiger partial charge on any atom is 0.247 e. The molecule has 2 aromatic rings. The van der Waals surface area contributed by atoms with Crippen molar-refractivity contribution in [3.8, 4) is 11.5 Å². The Morgan fingerprint density at radius 2 is 1.79 bits per heavy atom. The molecule has 1 amide bonds. The van der Waals surface area contributed by atoms with Crippen molar-refractivity contribution in [1.82, 2.24) is 24.9 Å². The van der Waals surface area contributed by atoms with E-state index in [2.05, 4.69) is 20.0 Å².